The van der Waals surface area contributed by atoms with E-state index in [2.05, 4.69) is 17.4 Å². The van der Waals surface area contributed by atoms with Crippen molar-refractivity contribution in [2.45, 2.75) is 51.1 Å². The highest BCUT2D eigenvalue weighted by atomic mass is 16.5. The lowest BCUT2D eigenvalue weighted by atomic mass is 9.91. The molecule has 0 spiro atoms. The molecule has 76 valence electrons. The Kier molecular flexibility index (Phi) is 1.87. The Morgan fingerprint density at radius 3 is 3.00 bits per heavy atom. The van der Waals surface area contributed by atoms with Gasteiger partial charge >= 0.3 is 0 Å². The zero-order valence-electron chi connectivity index (χ0n) is 8.55. The molecule has 1 heterocycles. The fraction of sp³-hybridized carbons (Fsp3) is 0.727. The van der Waals surface area contributed by atoms with Gasteiger partial charge in [-0.2, -0.15) is 0 Å². The summed E-state index contributed by atoms with van der Waals surface area (Å²) in [5.74, 6) is 1.12. The molecule has 1 unspecified atom stereocenters. The minimum atomic E-state index is 0.512. The van der Waals surface area contributed by atoms with Crippen molar-refractivity contribution in [3.63, 3.8) is 0 Å². The topological polar surface area (TPSA) is 38.1 Å². The van der Waals surface area contributed by atoms with E-state index in [0.29, 0.717) is 6.04 Å². The van der Waals surface area contributed by atoms with Gasteiger partial charge in [0.15, 0.2) is 0 Å². The van der Waals surface area contributed by atoms with Crippen molar-refractivity contribution in [3.8, 4) is 0 Å². The van der Waals surface area contributed by atoms with Gasteiger partial charge in [-0.05, 0) is 32.6 Å². The standard InChI is InChI=1S/C11H16N2O/c1-7-11-9(12-8-5-6-8)3-2-4-10(11)14-13-7/h8-9,12H,2-6H2,1H3. The highest BCUT2D eigenvalue weighted by Crippen LogP contribution is 2.34. The highest BCUT2D eigenvalue weighted by Gasteiger charge is 2.31. The Balaban J connectivity index is 1.88. The van der Waals surface area contributed by atoms with E-state index in [9.17, 15) is 0 Å². The number of aromatic nitrogens is 1. The molecule has 3 nitrogen and oxygen atoms in total. The zero-order chi connectivity index (χ0) is 9.54. The minimum Gasteiger partial charge on any atom is -0.361 e. The zero-order valence-corrected chi connectivity index (χ0v) is 8.55. The van der Waals surface area contributed by atoms with Crippen LogP contribution in [-0.2, 0) is 6.42 Å². The Morgan fingerprint density at radius 1 is 1.36 bits per heavy atom. The van der Waals surface area contributed by atoms with Crippen LogP contribution < -0.4 is 5.32 Å². The van der Waals surface area contributed by atoms with Crippen LogP contribution in [0.15, 0.2) is 4.52 Å². The maximum Gasteiger partial charge on any atom is 0.141 e. The molecule has 2 aliphatic carbocycles. The Labute approximate surface area is 83.9 Å². The summed E-state index contributed by atoms with van der Waals surface area (Å²) >= 11 is 0. The van der Waals surface area contributed by atoms with Crippen molar-refractivity contribution in [1.29, 1.82) is 0 Å². The Morgan fingerprint density at radius 2 is 2.21 bits per heavy atom. The molecule has 0 aromatic carbocycles. The predicted molar refractivity (Wildman–Crippen MR) is 53.1 cm³/mol. The quantitative estimate of drug-likeness (QED) is 0.780. The lowest BCUT2D eigenvalue weighted by molar-refractivity contribution is 0.353. The summed E-state index contributed by atoms with van der Waals surface area (Å²) in [5.41, 5.74) is 2.43. The van der Waals surface area contributed by atoms with Crippen molar-refractivity contribution in [2.75, 3.05) is 0 Å². The van der Waals surface area contributed by atoms with Crippen molar-refractivity contribution in [1.82, 2.24) is 10.5 Å². The van der Waals surface area contributed by atoms with E-state index >= 15 is 0 Å². The first-order valence-electron chi connectivity index (χ1n) is 5.55. The van der Waals surface area contributed by atoms with E-state index in [1.54, 1.807) is 0 Å². The summed E-state index contributed by atoms with van der Waals surface area (Å²) in [4.78, 5) is 0. The second-order valence-electron chi connectivity index (χ2n) is 4.49. The predicted octanol–water partition coefficient (Wildman–Crippen LogP) is 2.11. The van der Waals surface area contributed by atoms with Crippen LogP contribution in [-0.4, -0.2) is 11.2 Å². The molecule has 3 rings (SSSR count). The van der Waals surface area contributed by atoms with Gasteiger partial charge in [-0.1, -0.05) is 5.16 Å². The first-order chi connectivity index (χ1) is 6.84. The van der Waals surface area contributed by atoms with E-state index < -0.39 is 0 Å². The molecule has 1 saturated carbocycles. The van der Waals surface area contributed by atoms with Gasteiger partial charge in [0.1, 0.15) is 5.76 Å². The Bertz CT molecular complexity index is 341. The third kappa shape index (κ3) is 1.36. The van der Waals surface area contributed by atoms with Gasteiger partial charge in [0.25, 0.3) is 0 Å². The average Bonchev–Trinajstić information content (AvgIpc) is 2.91. The molecule has 1 aromatic heterocycles. The summed E-state index contributed by atoms with van der Waals surface area (Å²) in [7, 11) is 0. The van der Waals surface area contributed by atoms with E-state index in [1.165, 1.54) is 31.2 Å². The molecule has 0 radical (unpaired) electrons. The molecule has 1 atom stereocenters. The van der Waals surface area contributed by atoms with Gasteiger partial charge in [-0.15, -0.1) is 0 Å². The number of nitrogens with one attached hydrogen (secondary N) is 1. The maximum absolute atomic E-state index is 5.33. The van der Waals surface area contributed by atoms with E-state index in [4.69, 9.17) is 4.52 Å². The van der Waals surface area contributed by atoms with Crippen molar-refractivity contribution in [2.24, 2.45) is 0 Å². The van der Waals surface area contributed by atoms with Crippen LogP contribution in [0.2, 0.25) is 0 Å². The number of rotatable bonds is 2. The molecule has 1 fully saturated rings. The molecule has 2 aliphatic rings. The van der Waals surface area contributed by atoms with E-state index in [1.807, 2.05) is 0 Å². The van der Waals surface area contributed by atoms with Crippen LogP contribution in [0.3, 0.4) is 0 Å². The number of nitrogens with zero attached hydrogens (tertiary/aromatic N) is 1. The van der Waals surface area contributed by atoms with Gasteiger partial charge in [0.2, 0.25) is 0 Å². The fourth-order valence-electron chi connectivity index (χ4n) is 2.36. The number of hydrogen-bond acceptors (Lipinski definition) is 3. The van der Waals surface area contributed by atoms with Crippen LogP contribution in [0.5, 0.6) is 0 Å². The molecule has 0 saturated heterocycles. The molecule has 3 heteroatoms. The fourth-order valence-corrected chi connectivity index (χ4v) is 2.36. The lowest BCUT2D eigenvalue weighted by Gasteiger charge is -2.22. The van der Waals surface area contributed by atoms with Gasteiger partial charge in [-0.25, -0.2) is 0 Å². The third-order valence-corrected chi connectivity index (χ3v) is 3.24. The van der Waals surface area contributed by atoms with Gasteiger partial charge in [-0.3, -0.25) is 0 Å². The summed E-state index contributed by atoms with van der Waals surface area (Å²) in [6.45, 7) is 2.05. The van der Waals surface area contributed by atoms with Crippen LogP contribution in [0.25, 0.3) is 0 Å². The first kappa shape index (κ1) is 8.48. The van der Waals surface area contributed by atoms with Crippen LogP contribution in [0, 0.1) is 6.92 Å². The van der Waals surface area contributed by atoms with Crippen LogP contribution in [0.4, 0.5) is 0 Å². The van der Waals surface area contributed by atoms with Crippen molar-refractivity contribution >= 4 is 0 Å². The van der Waals surface area contributed by atoms with E-state index in [0.717, 1.165) is 23.9 Å². The molecule has 0 amide bonds. The molecular weight excluding hydrogens is 176 g/mol. The molecular formula is C11H16N2O. The second kappa shape index (κ2) is 3.09. The number of fused-ring (bicyclic) bond motifs is 1. The molecule has 0 bridgehead atoms. The SMILES string of the molecule is Cc1noc2c1C(NC1CC1)CCC2. The lowest BCUT2D eigenvalue weighted by Crippen LogP contribution is -2.26. The maximum atomic E-state index is 5.33. The largest absolute Gasteiger partial charge is 0.361 e. The number of aryl methyl sites for hydroxylation is 2. The van der Waals surface area contributed by atoms with E-state index in [-0.39, 0.29) is 0 Å². The third-order valence-electron chi connectivity index (χ3n) is 3.24. The van der Waals surface area contributed by atoms with Crippen LogP contribution >= 0.6 is 0 Å². The average molecular weight is 192 g/mol. The first-order valence-corrected chi connectivity index (χ1v) is 5.55. The summed E-state index contributed by atoms with van der Waals surface area (Å²) in [6, 6.07) is 1.28. The Hall–Kier alpha value is -0.830. The van der Waals surface area contributed by atoms with Gasteiger partial charge in [0, 0.05) is 24.1 Å². The van der Waals surface area contributed by atoms with Gasteiger partial charge in [0.05, 0.1) is 5.69 Å². The normalized spacial score (nSPS) is 26.2. The summed E-state index contributed by atoms with van der Waals surface area (Å²) in [6.07, 6.45) is 6.23. The van der Waals surface area contributed by atoms with Crippen molar-refractivity contribution in [3.05, 3.63) is 17.0 Å². The highest BCUT2D eigenvalue weighted by molar-refractivity contribution is 5.28. The molecule has 0 aliphatic heterocycles. The van der Waals surface area contributed by atoms with Crippen molar-refractivity contribution < 1.29 is 4.52 Å². The molecule has 1 N–H and O–H groups in total. The minimum absolute atomic E-state index is 0.512. The molecule has 1 aromatic rings. The van der Waals surface area contributed by atoms with Gasteiger partial charge < -0.3 is 9.84 Å². The smallest absolute Gasteiger partial charge is 0.141 e. The van der Waals surface area contributed by atoms with Crippen LogP contribution in [0.1, 0.15) is 48.7 Å². The summed E-state index contributed by atoms with van der Waals surface area (Å²) < 4.78 is 5.33. The monoisotopic (exact) mass is 192 g/mol. The molecule has 14 heavy (non-hydrogen) atoms. The second-order valence-corrected chi connectivity index (χ2v) is 4.49. The number of hydrogen-bond donors (Lipinski definition) is 1. The summed E-state index contributed by atoms with van der Waals surface area (Å²) in [5, 5.41) is 7.74.